The second kappa shape index (κ2) is 10.8. The number of nitrogens with zero attached hydrogens (tertiary/aromatic N) is 4. The first-order chi connectivity index (χ1) is 13.8. The smallest absolute Gasteiger partial charge is 0.191 e. The van der Waals surface area contributed by atoms with Gasteiger partial charge >= 0.3 is 0 Å². The van der Waals surface area contributed by atoms with Gasteiger partial charge in [0.15, 0.2) is 5.96 Å². The lowest BCUT2D eigenvalue weighted by atomic mass is 10.0. The van der Waals surface area contributed by atoms with E-state index in [4.69, 9.17) is 4.74 Å². The highest BCUT2D eigenvalue weighted by atomic mass is 127. The van der Waals surface area contributed by atoms with E-state index in [0.717, 1.165) is 68.7 Å². The summed E-state index contributed by atoms with van der Waals surface area (Å²) in [4.78, 5) is 4.39. The van der Waals surface area contributed by atoms with Crippen LogP contribution in [0.2, 0.25) is 0 Å². The number of hydrogen-bond acceptors (Lipinski definition) is 4. The van der Waals surface area contributed by atoms with Crippen LogP contribution >= 0.6 is 24.0 Å². The zero-order valence-corrected chi connectivity index (χ0v) is 19.4. The van der Waals surface area contributed by atoms with Crippen molar-refractivity contribution in [2.75, 3.05) is 20.2 Å². The Morgan fingerprint density at radius 3 is 3.03 bits per heavy atom. The number of guanidine groups is 1. The van der Waals surface area contributed by atoms with Gasteiger partial charge in [0, 0.05) is 45.0 Å². The molecule has 1 aromatic heterocycles. The molecular formula is C21H31IN6O. The SMILES string of the molecule is CN=C(NCCCc1nnc2n1CCCCC2)NC1CCOc2ccccc21.I. The van der Waals surface area contributed by atoms with Gasteiger partial charge in [-0.2, -0.15) is 0 Å². The van der Waals surface area contributed by atoms with Gasteiger partial charge in [-0.15, -0.1) is 34.2 Å². The lowest BCUT2D eigenvalue weighted by molar-refractivity contribution is 0.261. The summed E-state index contributed by atoms with van der Waals surface area (Å²) in [5.41, 5.74) is 1.20. The van der Waals surface area contributed by atoms with Crippen molar-refractivity contribution < 1.29 is 4.74 Å². The maximum absolute atomic E-state index is 5.75. The fraction of sp³-hybridized carbons (Fsp3) is 0.571. The molecule has 3 heterocycles. The second-order valence-corrected chi connectivity index (χ2v) is 7.47. The maximum atomic E-state index is 5.75. The predicted octanol–water partition coefficient (Wildman–Crippen LogP) is 3.24. The van der Waals surface area contributed by atoms with Crippen molar-refractivity contribution in [3.8, 4) is 5.75 Å². The second-order valence-electron chi connectivity index (χ2n) is 7.47. The average Bonchev–Trinajstić information content (AvgIpc) is 2.96. The van der Waals surface area contributed by atoms with E-state index in [0.29, 0.717) is 0 Å². The molecule has 1 aromatic carbocycles. The van der Waals surface area contributed by atoms with Crippen molar-refractivity contribution in [1.29, 1.82) is 0 Å². The first-order valence-corrected chi connectivity index (χ1v) is 10.4. The fourth-order valence-corrected chi connectivity index (χ4v) is 4.04. The molecule has 0 spiro atoms. The highest BCUT2D eigenvalue weighted by molar-refractivity contribution is 14.0. The van der Waals surface area contributed by atoms with Crippen LogP contribution in [0.3, 0.4) is 0 Å². The van der Waals surface area contributed by atoms with Crippen molar-refractivity contribution in [3.05, 3.63) is 41.5 Å². The topological polar surface area (TPSA) is 76.4 Å². The Kier molecular flexibility index (Phi) is 8.14. The Morgan fingerprint density at radius 1 is 1.24 bits per heavy atom. The third-order valence-electron chi connectivity index (χ3n) is 5.55. The molecule has 0 fully saturated rings. The van der Waals surface area contributed by atoms with Gasteiger partial charge in [0.1, 0.15) is 17.4 Å². The zero-order chi connectivity index (χ0) is 19.2. The third kappa shape index (κ3) is 5.40. The normalized spacial score (nSPS) is 18.5. The van der Waals surface area contributed by atoms with E-state index in [1.807, 2.05) is 19.2 Å². The van der Waals surface area contributed by atoms with Crippen LogP contribution in [0.15, 0.2) is 29.3 Å². The molecule has 1 atom stereocenters. The van der Waals surface area contributed by atoms with Crippen molar-refractivity contribution >= 4 is 29.9 Å². The van der Waals surface area contributed by atoms with Gasteiger partial charge in [0.05, 0.1) is 12.6 Å². The van der Waals surface area contributed by atoms with Gasteiger partial charge in [0.25, 0.3) is 0 Å². The third-order valence-corrected chi connectivity index (χ3v) is 5.55. The Balaban J connectivity index is 0.00000240. The summed E-state index contributed by atoms with van der Waals surface area (Å²) in [7, 11) is 1.82. The largest absolute Gasteiger partial charge is 0.493 e. The predicted molar refractivity (Wildman–Crippen MR) is 125 cm³/mol. The van der Waals surface area contributed by atoms with E-state index in [-0.39, 0.29) is 30.0 Å². The number of benzene rings is 1. The Bertz CT molecular complexity index is 821. The average molecular weight is 510 g/mol. The standard InChI is InChI=1S/C21H30N6O.HI/c1-22-21(24-17-12-15-28-18-9-5-4-8-16(17)18)23-13-7-11-20-26-25-19-10-3-2-6-14-27(19)20;/h4-5,8-9,17H,2-3,6-7,10-15H2,1H3,(H2,22,23,24);1H. The molecule has 29 heavy (non-hydrogen) atoms. The van der Waals surface area contributed by atoms with Crippen molar-refractivity contribution in [2.45, 2.75) is 57.5 Å². The number of para-hydroxylation sites is 1. The van der Waals surface area contributed by atoms with E-state index in [9.17, 15) is 0 Å². The van der Waals surface area contributed by atoms with Gasteiger partial charge in [-0.3, -0.25) is 4.99 Å². The van der Waals surface area contributed by atoms with E-state index in [1.165, 1.54) is 24.8 Å². The molecule has 0 bridgehead atoms. The number of ether oxygens (including phenoxy) is 1. The van der Waals surface area contributed by atoms with Crippen LogP contribution in [-0.2, 0) is 19.4 Å². The van der Waals surface area contributed by atoms with Gasteiger partial charge in [0.2, 0.25) is 0 Å². The summed E-state index contributed by atoms with van der Waals surface area (Å²) >= 11 is 0. The van der Waals surface area contributed by atoms with E-state index >= 15 is 0 Å². The summed E-state index contributed by atoms with van der Waals surface area (Å²) in [6.07, 6.45) is 7.70. The molecule has 158 valence electrons. The van der Waals surface area contributed by atoms with Crippen LogP contribution in [0.4, 0.5) is 0 Å². The summed E-state index contributed by atoms with van der Waals surface area (Å²) in [6, 6.07) is 8.44. The molecule has 0 radical (unpaired) electrons. The molecule has 2 aliphatic heterocycles. The van der Waals surface area contributed by atoms with E-state index in [2.05, 4.69) is 42.5 Å². The quantitative estimate of drug-likeness (QED) is 0.280. The number of fused-ring (bicyclic) bond motifs is 2. The van der Waals surface area contributed by atoms with Crippen LogP contribution in [0.25, 0.3) is 0 Å². The first kappa shape index (κ1) is 21.9. The minimum Gasteiger partial charge on any atom is -0.493 e. The zero-order valence-electron chi connectivity index (χ0n) is 17.1. The lowest BCUT2D eigenvalue weighted by Crippen LogP contribution is -2.41. The lowest BCUT2D eigenvalue weighted by Gasteiger charge is -2.28. The van der Waals surface area contributed by atoms with Crippen molar-refractivity contribution in [1.82, 2.24) is 25.4 Å². The first-order valence-electron chi connectivity index (χ1n) is 10.4. The maximum Gasteiger partial charge on any atom is 0.191 e. The Hall–Kier alpha value is -1.84. The minimum absolute atomic E-state index is 0. The van der Waals surface area contributed by atoms with Gasteiger partial charge < -0.3 is 19.9 Å². The van der Waals surface area contributed by atoms with Gasteiger partial charge in [-0.1, -0.05) is 24.6 Å². The summed E-state index contributed by atoms with van der Waals surface area (Å²) in [5, 5.41) is 15.8. The Labute approximate surface area is 189 Å². The molecule has 0 saturated carbocycles. The number of aliphatic imine (C=N–C) groups is 1. The molecule has 2 aromatic rings. The number of aromatic nitrogens is 3. The van der Waals surface area contributed by atoms with Crippen LogP contribution in [0.5, 0.6) is 5.75 Å². The molecule has 0 amide bonds. The van der Waals surface area contributed by atoms with Gasteiger partial charge in [-0.05, 0) is 25.3 Å². The fourth-order valence-electron chi connectivity index (χ4n) is 4.04. The number of rotatable bonds is 5. The van der Waals surface area contributed by atoms with E-state index in [1.54, 1.807) is 0 Å². The van der Waals surface area contributed by atoms with Crippen LogP contribution in [-0.4, -0.2) is 40.9 Å². The molecule has 4 rings (SSSR count). The molecular weight excluding hydrogens is 479 g/mol. The molecule has 7 nitrogen and oxygen atoms in total. The molecule has 2 aliphatic rings. The van der Waals surface area contributed by atoms with Crippen molar-refractivity contribution in [3.63, 3.8) is 0 Å². The molecule has 0 aliphatic carbocycles. The summed E-state index contributed by atoms with van der Waals surface area (Å²) in [6.45, 7) is 2.65. The number of halogens is 1. The van der Waals surface area contributed by atoms with E-state index < -0.39 is 0 Å². The number of nitrogens with one attached hydrogen (secondary N) is 2. The highest BCUT2D eigenvalue weighted by Crippen LogP contribution is 2.31. The van der Waals surface area contributed by atoms with Crippen LogP contribution < -0.4 is 15.4 Å². The van der Waals surface area contributed by atoms with Crippen LogP contribution in [0, 0.1) is 0 Å². The van der Waals surface area contributed by atoms with Crippen LogP contribution in [0.1, 0.15) is 55.4 Å². The molecule has 2 N–H and O–H groups in total. The Morgan fingerprint density at radius 2 is 2.14 bits per heavy atom. The van der Waals surface area contributed by atoms with Crippen molar-refractivity contribution in [2.24, 2.45) is 4.99 Å². The minimum atomic E-state index is 0. The molecule has 1 unspecified atom stereocenters. The monoisotopic (exact) mass is 510 g/mol. The number of hydrogen-bond donors (Lipinski definition) is 2. The molecule has 0 saturated heterocycles. The molecule has 8 heteroatoms. The summed E-state index contributed by atoms with van der Waals surface area (Å²) < 4.78 is 8.08. The van der Waals surface area contributed by atoms with Gasteiger partial charge in [-0.25, -0.2) is 0 Å². The summed E-state index contributed by atoms with van der Waals surface area (Å²) in [5.74, 6) is 4.09. The highest BCUT2D eigenvalue weighted by Gasteiger charge is 2.21. The number of aryl methyl sites for hydroxylation is 2.